The number of pyridine rings is 2. The fourth-order valence-electron chi connectivity index (χ4n) is 4.48. The summed E-state index contributed by atoms with van der Waals surface area (Å²) in [7, 11) is 0. The molecule has 4 aromatic rings. The number of aromatic amines is 1. The van der Waals surface area contributed by atoms with Crippen LogP contribution in [-0.2, 0) is 13.0 Å². The minimum Gasteiger partial charge on any atom is -0.296 e. The Bertz CT molecular complexity index is 1190. The van der Waals surface area contributed by atoms with E-state index in [1.807, 2.05) is 31.3 Å². The summed E-state index contributed by atoms with van der Waals surface area (Å²) in [6.07, 6.45) is 6.74. The Hall–Kier alpha value is -3.19. The molecule has 0 spiro atoms. The SMILES string of the molecule is CCc1ncccc1-c1cc(C2CCN(Cc3nc(C)c4cccnc4n3)CC2)[nH]n1. The van der Waals surface area contributed by atoms with Crippen LogP contribution in [0.4, 0.5) is 0 Å². The third-order valence-electron chi connectivity index (χ3n) is 6.20. The zero-order valence-corrected chi connectivity index (χ0v) is 18.0. The molecule has 5 heterocycles. The molecular weight excluding hydrogens is 386 g/mol. The van der Waals surface area contributed by atoms with Gasteiger partial charge < -0.3 is 0 Å². The van der Waals surface area contributed by atoms with Crippen LogP contribution in [-0.4, -0.2) is 48.1 Å². The molecule has 0 unspecified atom stereocenters. The van der Waals surface area contributed by atoms with E-state index < -0.39 is 0 Å². The van der Waals surface area contributed by atoms with Gasteiger partial charge >= 0.3 is 0 Å². The number of hydrogen-bond acceptors (Lipinski definition) is 6. The Morgan fingerprint density at radius 2 is 1.87 bits per heavy atom. The summed E-state index contributed by atoms with van der Waals surface area (Å²) in [4.78, 5) is 20.7. The summed E-state index contributed by atoms with van der Waals surface area (Å²) in [5.41, 5.74) is 6.22. The Labute approximate surface area is 182 Å². The summed E-state index contributed by atoms with van der Waals surface area (Å²) in [6, 6.07) is 10.3. The molecule has 1 aliphatic heterocycles. The van der Waals surface area contributed by atoms with Crippen LogP contribution >= 0.6 is 0 Å². The summed E-state index contributed by atoms with van der Waals surface area (Å²) < 4.78 is 0. The third-order valence-corrected chi connectivity index (χ3v) is 6.20. The number of rotatable bonds is 5. The van der Waals surface area contributed by atoms with Crippen LogP contribution in [0.25, 0.3) is 22.3 Å². The predicted octanol–water partition coefficient (Wildman–Crippen LogP) is 4.06. The monoisotopic (exact) mass is 413 g/mol. The fourth-order valence-corrected chi connectivity index (χ4v) is 4.48. The van der Waals surface area contributed by atoms with Gasteiger partial charge in [0.1, 0.15) is 5.82 Å². The molecule has 1 saturated heterocycles. The molecule has 158 valence electrons. The molecule has 1 N–H and O–H groups in total. The second kappa shape index (κ2) is 8.51. The van der Waals surface area contributed by atoms with Gasteiger partial charge in [-0.25, -0.2) is 15.0 Å². The highest BCUT2D eigenvalue weighted by molar-refractivity contribution is 5.76. The standard InChI is InChI=1S/C24H27N7/c1-3-20-19(7-5-10-25-20)22-14-21(29-30-22)17-8-12-31(13-9-17)15-23-27-16(2)18-6-4-11-26-24(18)28-23/h4-7,10-11,14,17H,3,8-9,12-13,15H2,1-2H3,(H,29,30). The van der Waals surface area contributed by atoms with Crippen LogP contribution in [0.3, 0.4) is 0 Å². The summed E-state index contributed by atoms with van der Waals surface area (Å²) >= 11 is 0. The zero-order valence-electron chi connectivity index (χ0n) is 18.0. The first-order valence-electron chi connectivity index (χ1n) is 11.0. The second-order valence-corrected chi connectivity index (χ2v) is 8.21. The van der Waals surface area contributed by atoms with Crippen molar-refractivity contribution in [3.63, 3.8) is 0 Å². The van der Waals surface area contributed by atoms with E-state index in [0.29, 0.717) is 5.92 Å². The van der Waals surface area contributed by atoms with Crippen molar-refractivity contribution in [3.05, 3.63) is 65.6 Å². The van der Waals surface area contributed by atoms with E-state index in [0.717, 1.165) is 78.4 Å². The lowest BCUT2D eigenvalue weighted by molar-refractivity contribution is 0.199. The van der Waals surface area contributed by atoms with E-state index in [-0.39, 0.29) is 0 Å². The number of aryl methyl sites for hydroxylation is 2. The number of H-pyrrole nitrogens is 1. The van der Waals surface area contributed by atoms with Crippen LogP contribution < -0.4 is 0 Å². The van der Waals surface area contributed by atoms with Gasteiger partial charge in [0, 0.05) is 40.6 Å². The van der Waals surface area contributed by atoms with E-state index in [1.54, 1.807) is 6.20 Å². The molecule has 0 atom stereocenters. The van der Waals surface area contributed by atoms with Crippen molar-refractivity contribution in [2.24, 2.45) is 0 Å². The lowest BCUT2D eigenvalue weighted by Crippen LogP contribution is -2.33. The van der Waals surface area contributed by atoms with Crippen molar-refractivity contribution < 1.29 is 0 Å². The molecular formula is C24H27N7. The van der Waals surface area contributed by atoms with Crippen molar-refractivity contribution in [2.45, 2.75) is 45.6 Å². The van der Waals surface area contributed by atoms with Gasteiger partial charge in [-0.15, -0.1) is 0 Å². The fraction of sp³-hybridized carbons (Fsp3) is 0.375. The Kier molecular flexibility index (Phi) is 5.42. The molecule has 1 fully saturated rings. The van der Waals surface area contributed by atoms with Gasteiger partial charge in [-0.3, -0.25) is 15.0 Å². The molecule has 0 amide bonds. The summed E-state index contributed by atoms with van der Waals surface area (Å²) in [5.74, 6) is 1.36. The Morgan fingerprint density at radius 1 is 1.06 bits per heavy atom. The van der Waals surface area contributed by atoms with E-state index in [1.165, 1.54) is 5.69 Å². The number of likely N-dealkylation sites (tertiary alicyclic amines) is 1. The van der Waals surface area contributed by atoms with Gasteiger partial charge in [0.2, 0.25) is 0 Å². The van der Waals surface area contributed by atoms with Crippen molar-refractivity contribution in [3.8, 4) is 11.3 Å². The maximum Gasteiger partial charge on any atom is 0.163 e. The number of nitrogens with one attached hydrogen (secondary N) is 1. The molecule has 4 aromatic heterocycles. The number of hydrogen-bond donors (Lipinski definition) is 1. The molecule has 0 aromatic carbocycles. The average molecular weight is 414 g/mol. The highest BCUT2D eigenvalue weighted by atomic mass is 15.2. The topological polar surface area (TPSA) is 83.5 Å². The summed E-state index contributed by atoms with van der Waals surface area (Å²) in [6.45, 7) is 6.98. The van der Waals surface area contributed by atoms with Crippen LogP contribution in [0.15, 0.2) is 42.7 Å². The lowest BCUT2D eigenvalue weighted by Gasteiger charge is -2.30. The molecule has 7 heteroatoms. The molecule has 0 saturated carbocycles. The van der Waals surface area contributed by atoms with Crippen LogP contribution in [0.5, 0.6) is 0 Å². The minimum absolute atomic E-state index is 0.500. The number of fused-ring (bicyclic) bond motifs is 1. The van der Waals surface area contributed by atoms with Gasteiger partial charge in [-0.2, -0.15) is 5.10 Å². The first-order chi connectivity index (χ1) is 15.2. The molecule has 0 bridgehead atoms. The zero-order chi connectivity index (χ0) is 21.2. The maximum atomic E-state index is 4.71. The van der Waals surface area contributed by atoms with E-state index in [4.69, 9.17) is 4.98 Å². The number of aromatic nitrogens is 6. The third kappa shape index (κ3) is 4.05. The van der Waals surface area contributed by atoms with Crippen LogP contribution in [0.2, 0.25) is 0 Å². The summed E-state index contributed by atoms with van der Waals surface area (Å²) in [5, 5.41) is 8.91. The maximum absolute atomic E-state index is 4.71. The first-order valence-corrected chi connectivity index (χ1v) is 11.0. The first kappa shape index (κ1) is 19.8. The van der Waals surface area contributed by atoms with Crippen molar-refractivity contribution in [2.75, 3.05) is 13.1 Å². The van der Waals surface area contributed by atoms with Crippen molar-refractivity contribution in [1.29, 1.82) is 0 Å². The van der Waals surface area contributed by atoms with Gasteiger partial charge in [-0.05, 0) is 69.6 Å². The molecule has 0 radical (unpaired) electrons. The van der Waals surface area contributed by atoms with Crippen molar-refractivity contribution in [1.82, 2.24) is 35.0 Å². The van der Waals surface area contributed by atoms with Crippen LogP contribution in [0, 0.1) is 6.92 Å². The predicted molar refractivity (Wildman–Crippen MR) is 121 cm³/mol. The van der Waals surface area contributed by atoms with Gasteiger partial charge in [-0.1, -0.05) is 6.92 Å². The minimum atomic E-state index is 0.500. The quantitative estimate of drug-likeness (QED) is 0.531. The Morgan fingerprint density at radius 3 is 2.71 bits per heavy atom. The van der Waals surface area contributed by atoms with Gasteiger partial charge in [0.25, 0.3) is 0 Å². The molecule has 0 aliphatic carbocycles. The Balaban J connectivity index is 1.25. The molecule has 31 heavy (non-hydrogen) atoms. The lowest BCUT2D eigenvalue weighted by atomic mass is 9.93. The molecule has 1 aliphatic rings. The smallest absolute Gasteiger partial charge is 0.163 e. The van der Waals surface area contributed by atoms with Gasteiger partial charge in [0.05, 0.1) is 17.9 Å². The number of nitrogens with zero attached hydrogens (tertiary/aromatic N) is 6. The van der Waals surface area contributed by atoms with Gasteiger partial charge in [0.15, 0.2) is 5.65 Å². The van der Waals surface area contributed by atoms with Crippen molar-refractivity contribution >= 4 is 11.0 Å². The van der Waals surface area contributed by atoms with E-state index in [9.17, 15) is 0 Å². The average Bonchev–Trinajstić information content (AvgIpc) is 3.30. The second-order valence-electron chi connectivity index (χ2n) is 8.21. The highest BCUT2D eigenvalue weighted by Gasteiger charge is 2.23. The molecule has 5 rings (SSSR count). The van der Waals surface area contributed by atoms with E-state index >= 15 is 0 Å². The highest BCUT2D eigenvalue weighted by Crippen LogP contribution is 2.30. The molecule has 7 nitrogen and oxygen atoms in total. The number of piperidine rings is 1. The largest absolute Gasteiger partial charge is 0.296 e. The van der Waals surface area contributed by atoms with E-state index in [2.05, 4.69) is 49.1 Å². The normalized spacial score (nSPS) is 15.5. The van der Waals surface area contributed by atoms with Crippen LogP contribution in [0.1, 0.15) is 48.6 Å².